The molecule has 2 aromatic rings. The molecule has 3 nitrogen and oxygen atoms in total. The minimum Gasteiger partial charge on any atom is -0.491 e. The fraction of sp³-hybridized carbons (Fsp3) is 0.375. The van der Waals surface area contributed by atoms with Crippen molar-refractivity contribution in [3.8, 4) is 5.75 Å². The van der Waals surface area contributed by atoms with E-state index in [1.54, 1.807) is 0 Å². The first kappa shape index (κ1) is 13.5. The van der Waals surface area contributed by atoms with Crippen molar-refractivity contribution in [3.05, 3.63) is 47.8 Å². The minimum absolute atomic E-state index is 0.210. The van der Waals surface area contributed by atoms with Crippen molar-refractivity contribution in [2.75, 3.05) is 5.32 Å². The van der Waals surface area contributed by atoms with Crippen LogP contribution in [0.25, 0.3) is 0 Å². The summed E-state index contributed by atoms with van der Waals surface area (Å²) in [5.41, 5.74) is 3.62. The fourth-order valence-corrected chi connectivity index (χ4v) is 2.05. The summed E-state index contributed by atoms with van der Waals surface area (Å²) < 4.78 is 7.81. The summed E-state index contributed by atoms with van der Waals surface area (Å²) in [6.07, 6.45) is 2.27. The van der Waals surface area contributed by atoms with Gasteiger partial charge in [-0.3, -0.25) is 0 Å². The van der Waals surface area contributed by atoms with Crippen LogP contribution in [0.15, 0.2) is 36.5 Å². The zero-order chi connectivity index (χ0) is 13.8. The molecule has 1 N–H and O–H groups in total. The second-order valence-electron chi connectivity index (χ2n) is 5.11. The van der Waals surface area contributed by atoms with Gasteiger partial charge in [0.2, 0.25) is 0 Å². The number of nitrogens with zero attached hydrogens (tertiary/aromatic N) is 1. The molecule has 0 saturated carbocycles. The highest BCUT2D eigenvalue weighted by molar-refractivity contribution is 5.53. The number of anilines is 1. The van der Waals surface area contributed by atoms with Gasteiger partial charge in [0.05, 0.1) is 12.6 Å². The lowest BCUT2D eigenvalue weighted by atomic mass is 10.2. The van der Waals surface area contributed by atoms with Crippen LogP contribution < -0.4 is 10.1 Å². The van der Waals surface area contributed by atoms with Gasteiger partial charge in [0.25, 0.3) is 0 Å². The second-order valence-corrected chi connectivity index (χ2v) is 5.11. The van der Waals surface area contributed by atoms with Gasteiger partial charge >= 0.3 is 0 Å². The molecule has 0 atom stereocenters. The molecule has 0 bridgehead atoms. The van der Waals surface area contributed by atoms with E-state index in [0.29, 0.717) is 0 Å². The average Bonchev–Trinajstić information content (AvgIpc) is 2.73. The summed E-state index contributed by atoms with van der Waals surface area (Å²) >= 11 is 0. The average molecular weight is 258 g/mol. The quantitative estimate of drug-likeness (QED) is 0.884. The molecular weight excluding hydrogens is 236 g/mol. The Morgan fingerprint density at radius 3 is 2.63 bits per heavy atom. The van der Waals surface area contributed by atoms with Gasteiger partial charge in [0.1, 0.15) is 5.75 Å². The molecule has 0 amide bonds. The number of aryl methyl sites for hydroxylation is 2. The normalized spacial score (nSPS) is 10.8. The maximum Gasteiger partial charge on any atom is 0.120 e. The van der Waals surface area contributed by atoms with Gasteiger partial charge in [-0.15, -0.1) is 0 Å². The van der Waals surface area contributed by atoms with Crippen molar-refractivity contribution in [1.29, 1.82) is 0 Å². The van der Waals surface area contributed by atoms with Gasteiger partial charge in [-0.1, -0.05) is 0 Å². The van der Waals surface area contributed by atoms with Gasteiger partial charge in [0, 0.05) is 24.6 Å². The lowest BCUT2D eigenvalue weighted by molar-refractivity contribution is 0.242. The zero-order valence-electron chi connectivity index (χ0n) is 12.1. The molecule has 0 saturated heterocycles. The fourth-order valence-electron chi connectivity index (χ4n) is 2.05. The van der Waals surface area contributed by atoms with Crippen molar-refractivity contribution in [2.45, 2.75) is 33.4 Å². The lowest BCUT2D eigenvalue weighted by Gasteiger charge is -2.14. The molecule has 2 rings (SSSR count). The Bertz CT molecular complexity index is 543. The third kappa shape index (κ3) is 3.53. The molecule has 0 unspecified atom stereocenters. The first-order valence-electron chi connectivity index (χ1n) is 6.67. The number of nitrogens with one attached hydrogen (secondary N) is 1. The molecule has 0 aliphatic carbocycles. The summed E-state index contributed by atoms with van der Waals surface area (Å²) in [5, 5.41) is 3.46. The Morgan fingerprint density at radius 1 is 1.26 bits per heavy atom. The van der Waals surface area contributed by atoms with Crippen molar-refractivity contribution >= 4 is 5.69 Å². The highest BCUT2D eigenvalue weighted by Gasteiger charge is 2.03. The summed E-state index contributed by atoms with van der Waals surface area (Å²) in [4.78, 5) is 0. The topological polar surface area (TPSA) is 26.2 Å². The molecule has 0 aliphatic rings. The van der Waals surface area contributed by atoms with Gasteiger partial charge in [-0.2, -0.15) is 0 Å². The molecule has 1 heterocycles. The van der Waals surface area contributed by atoms with Gasteiger partial charge in [-0.25, -0.2) is 0 Å². The third-order valence-electron chi connectivity index (χ3n) is 3.08. The van der Waals surface area contributed by atoms with Crippen LogP contribution in [0.3, 0.4) is 0 Å². The van der Waals surface area contributed by atoms with E-state index in [1.807, 2.05) is 19.9 Å². The van der Waals surface area contributed by atoms with Crippen LogP contribution in [0.4, 0.5) is 5.69 Å². The van der Waals surface area contributed by atoms with E-state index in [0.717, 1.165) is 18.0 Å². The van der Waals surface area contributed by atoms with E-state index in [1.165, 1.54) is 11.3 Å². The van der Waals surface area contributed by atoms with Crippen LogP contribution in [0.2, 0.25) is 0 Å². The van der Waals surface area contributed by atoms with E-state index >= 15 is 0 Å². The lowest BCUT2D eigenvalue weighted by Crippen LogP contribution is -2.07. The number of hydrogen-bond donors (Lipinski definition) is 1. The molecule has 0 radical (unpaired) electrons. The van der Waals surface area contributed by atoms with E-state index in [9.17, 15) is 0 Å². The molecule has 0 fully saturated rings. The van der Waals surface area contributed by atoms with E-state index in [2.05, 4.69) is 54.3 Å². The Hall–Kier alpha value is -1.90. The zero-order valence-corrected chi connectivity index (χ0v) is 12.1. The van der Waals surface area contributed by atoms with Crippen LogP contribution in [0.1, 0.15) is 25.1 Å². The Labute approximate surface area is 115 Å². The second kappa shape index (κ2) is 5.83. The van der Waals surface area contributed by atoms with Crippen LogP contribution in [0.5, 0.6) is 5.75 Å². The van der Waals surface area contributed by atoms with Crippen LogP contribution >= 0.6 is 0 Å². The molecular formula is C16H22N2O. The molecule has 102 valence electrons. The summed E-state index contributed by atoms with van der Waals surface area (Å²) in [6.45, 7) is 7.00. The summed E-state index contributed by atoms with van der Waals surface area (Å²) in [6, 6.07) is 10.4. The summed E-state index contributed by atoms with van der Waals surface area (Å²) in [5.74, 6) is 0.928. The van der Waals surface area contributed by atoms with Crippen LogP contribution in [-0.4, -0.2) is 10.7 Å². The van der Waals surface area contributed by atoms with Crippen molar-refractivity contribution in [1.82, 2.24) is 4.57 Å². The predicted molar refractivity (Wildman–Crippen MR) is 79.7 cm³/mol. The molecule has 19 heavy (non-hydrogen) atoms. The Morgan fingerprint density at radius 2 is 2.05 bits per heavy atom. The highest BCUT2D eigenvalue weighted by atomic mass is 16.5. The number of ether oxygens (including phenoxy) is 1. The van der Waals surface area contributed by atoms with E-state index < -0.39 is 0 Å². The van der Waals surface area contributed by atoms with E-state index in [4.69, 9.17) is 4.74 Å². The van der Waals surface area contributed by atoms with Gasteiger partial charge in [0.15, 0.2) is 0 Å². The maximum absolute atomic E-state index is 5.69. The third-order valence-corrected chi connectivity index (χ3v) is 3.08. The number of benzene rings is 1. The Kier molecular flexibility index (Phi) is 4.15. The SMILES string of the molecule is Cc1cc(OC(C)C)ccc1NCc1cccn1C. The van der Waals surface area contributed by atoms with Crippen molar-refractivity contribution in [3.63, 3.8) is 0 Å². The van der Waals surface area contributed by atoms with Crippen molar-refractivity contribution in [2.24, 2.45) is 7.05 Å². The molecule has 1 aromatic heterocycles. The van der Waals surface area contributed by atoms with Crippen molar-refractivity contribution < 1.29 is 4.74 Å². The van der Waals surface area contributed by atoms with Gasteiger partial charge in [-0.05, 0) is 56.7 Å². The maximum atomic E-state index is 5.69. The summed E-state index contributed by atoms with van der Waals surface area (Å²) in [7, 11) is 2.06. The van der Waals surface area contributed by atoms with Crippen LogP contribution in [0, 0.1) is 6.92 Å². The first-order valence-corrected chi connectivity index (χ1v) is 6.67. The monoisotopic (exact) mass is 258 g/mol. The highest BCUT2D eigenvalue weighted by Crippen LogP contribution is 2.22. The van der Waals surface area contributed by atoms with Crippen LogP contribution in [-0.2, 0) is 13.6 Å². The standard InChI is InChI=1S/C16H22N2O/c1-12(2)19-15-7-8-16(13(3)10-15)17-11-14-6-5-9-18(14)4/h5-10,12,17H,11H2,1-4H3. The Balaban J connectivity index is 2.03. The minimum atomic E-state index is 0.210. The number of hydrogen-bond acceptors (Lipinski definition) is 2. The van der Waals surface area contributed by atoms with E-state index in [-0.39, 0.29) is 6.10 Å². The first-order chi connectivity index (χ1) is 9.06. The molecule has 0 aliphatic heterocycles. The molecule has 3 heteroatoms. The number of aromatic nitrogens is 1. The predicted octanol–water partition coefficient (Wildman–Crippen LogP) is 3.73. The molecule has 0 spiro atoms. The smallest absolute Gasteiger partial charge is 0.120 e. The largest absolute Gasteiger partial charge is 0.491 e. The molecule has 1 aromatic carbocycles. The van der Waals surface area contributed by atoms with Gasteiger partial charge < -0.3 is 14.6 Å². The number of rotatable bonds is 5.